The second kappa shape index (κ2) is 63.2. The summed E-state index contributed by atoms with van der Waals surface area (Å²) in [5.41, 5.74) is 0. The van der Waals surface area contributed by atoms with Crippen molar-refractivity contribution in [2.24, 2.45) is 0 Å². The van der Waals surface area contributed by atoms with Crippen LogP contribution in [0.4, 0.5) is 0 Å². The van der Waals surface area contributed by atoms with Gasteiger partial charge in [-0.1, -0.05) is 211 Å². The van der Waals surface area contributed by atoms with Crippen molar-refractivity contribution in [1.82, 2.24) is 0 Å². The summed E-state index contributed by atoms with van der Waals surface area (Å²) < 4.78 is 0. The molecule has 0 aliphatic heterocycles. The molecule has 0 aromatic carbocycles. The van der Waals surface area contributed by atoms with Crippen molar-refractivity contribution < 1.29 is 67.0 Å². The molecule has 0 saturated heterocycles. The van der Waals surface area contributed by atoms with Gasteiger partial charge < -0.3 is 29.7 Å². The Kier molecular flexibility index (Phi) is 68.8. The van der Waals surface area contributed by atoms with E-state index in [1.165, 1.54) is 193 Å². The van der Waals surface area contributed by atoms with E-state index in [9.17, 15) is 29.7 Å². The van der Waals surface area contributed by atoms with Crippen molar-refractivity contribution >= 4 is 17.9 Å². The van der Waals surface area contributed by atoms with Crippen molar-refractivity contribution in [3.05, 3.63) is 36.5 Å². The van der Waals surface area contributed by atoms with Crippen LogP contribution in [-0.2, 0) is 14.4 Å². The van der Waals surface area contributed by atoms with Gasteiger partial charge in [-0.05, 0) is 116 Å². The molecule has 7 heteroatoms. The fourth-order valence-corrected chi connectivity index (χ4v) is 7.02. The van der Waals surface area contributed by atoms with Gasteiger partial charge in [0.15, 0.2) is 0 Å². The summed E-state index contributed by atoms with van der Waals surface area (Å²) >= 11 is 0. The number of hydrogen-bond acceptors (Lipinski definition) is 6. The van der Waals surface area contributed by atoms with Crippen LogP contribution in [0.25, 0.3) is 0 Å². The smallest absolute Gasteiger partial charge is 0.550 e. The Bertz CT molecular complexity index is 827. The zero-order valence-corrected chi connectivity index (χ0v) is 42.3. The summed E-state index contributed by atoms with van der Waals surface area (Å²) in [5, 5.41) is 30.6. The van der Waals surface area contributed by atoms with Crippen molar-refractivity contribution in [1.29, 1.82) is 0 Å². The molecule has 0 bridgehead atoms. The normalized spacial score (nSPS) is 11.1. The van der Waals surface area contributed by atoms with Crippen molar-refractivity contribution in [2.45, 2.75) is 290 Å². The number of allylic oxidation sites excluding steroid dienone is 6. The topological polar surface area (TPSA) is 120 Å². The zero-order chi connectivity index (χ0) is 44.7. The number of unbranched alkanes of at least 4 members (excludes halogenated alkanes) is 33. The SMILES string of the molecule is CCCCCCCC/C=C\CCCCCCCC(=O)[O-].CCCCCCCC/C=C\CCCCCCCC(=O)[O-].CCCCCCCC/C=C\CCCCCCCC(=O)[O-].[Er+3]. The summed E-state index contributed by atoms with van der Waals surface area (Å²) in [6, 6.07) is 0. The first kappa shape index (κ1) is 66.5. The van der Waals surface area contributed by atoms with Gasteiger partial charge in [0.2, 0.25) is 0 Å². The van der Waals surface area contributed by atoms with Crippen LogP contribution >= 0.6 is 0 Å². The van der Waals surface area contributed by atoms with Gasteiger partial charge in [-0.3, -0.25) is 0 Å². The van der Waals surface area contributed by atoms with Crippen LogP contribution in [0.1, 0.15) is 290 Å². The second-order valence-corrected chi connectivity index (χ2v) is 17.1. The number of carbonyl (C=O) groups excluding carboxylic acids is 3. The first-order chi connectivity index (χ1) is 29.3. The number of hydrogen-bond donors (Lipinski definition) is 0. The molecular formula is C54H99ErO6. The summed E-state index contributed by atoms with van der Waals surface area (Å²) in [7, 11) is 0. The maximum Gasteiger partial charge on any atom is 3.00 e. The monoisotopic (exact) mass is 1010 g/mol. The first-order valence-electron chi connectivity index (χ1n) is 25.9. The Morgan fingerprint density at radius 2 is 0.410 bits per heavy atom. The minimum Gasteiger partial charge on any atom is -0.550 e. The van der Waals surface area contributed by atoms with E-state index >= 15 is 0 Å². The van der Waals surface area contributed by atoms with Gasteiger partial charge in [0.1, 0.15) is 0 Å². The predicted molar refractivity (Wildman–Crippen MR) is 253 cm³/mol. The largest absolute Gasteiger partial charge is 3.00 e. The van der Waals surface area contributed by atoms with E-state index in [-0.39, 0.29) is 56.6 Å². The molecule has 0 rings (SSSR count). The van der Waals surface area contributed by atoms with Crippen LogP contribution in [0, 0.1) is 37.3 Å². The van der Waals surface area contributed by atoms with E-state index in [1.54, 1.807) is 0 Å². The van der Waals surface area contributed by atoms with E-state index in [0.29, 0.717) is 0 Å². The molecule has 0 saturated carbocycles. The quantitative estimate of drug-likeness (QED) is 0.0442. The molecule has 0 amide bonds. The van der Waals surface area contributed by atoms with Gasteiger partial charge in [0.05, 0.1) is 0 Å². The molecule has 0 aliphatic rings. The minimum atomic E-state index is -0.914. The molecule has 61 heavy (non-hydrogen) atoms. The molecule has 0 aliphatic carbocycles. The van der Waals surface area contributed by atoms with Gasteiger partial charge in [0.25, 0.3) is 0 Å². The van der Waals surface area contributed by atoms with Crippen LogP contribution in [0.5, 0.6) is 0 Å². The van der Waals surface area contributed by atoms with E-state index in [1.807, 2.05) is 0 Å². The summed E-state index contributed by atoms with van der Waals surface area (Å²) in [4.78, 5) is 30.6. The fraction of sp³-hybridized carbons (Fsp3) is 0.833. The predicted octanol–water partition coefficient (Wildman–Crippen LogP) is 14.3. The van der Waals surface area contributed by atoms with Gasteiger partial charge in [-0.25, -0.2) is 0 Å². The van der Waals surface area contributed by atoms with Crippen LogP contribution < -0.4 is 15.3 Å². The zero-order valence-electron chi connectivity index (χ0n) is 40.4. The maximum atomic E-state index is 10.2. The Hall–Kier alpha value is -1.12. The molecule has 0 N–H and O–H groups in total. The van der Waals surface area contributed by atoms with Crippen LogP contribution in [0.3, 0.4) is 0 Å². The molecule has 1 radical (unpaired) electrons. The molecule has 0 aromatic heterocycles. The molecule has 0 heterocycles. The third kappa shape index (κ3) is 76.6. The summed E-state index contributed by atoms with van der Waals surface area (Å²) in [6.07, 6.45) is 62.7. The average molecular weight is 1010 g/mol. The molecule has 0 aromatic rings. The summed E-state index contributed by atoms with van der Waals surface area (Å²) in [5.74, 6) is -2.74. The fourth-order valence-electron chi connectivity index (χ4n) is 7.02. The van der Waals surface area contributed by atoms with Gasteiger partial charge in [-0.15, -0.1) is 0 Å². The average Bonchev–Trinajstić information content (AvgIpc) is 3.22. The van der Waals surface area contributed by atoms with E-state index in [0.717, 1.165) is 57.8 Å². The van der Waals surface area contributed by atoms with E-state index < -0.39 is 17.9 Å². The molecule has 0 fully saturated rings. The Morgan fingerprint density at radius 3 is 0.574 bits per heavy atom. The number of carbonyl (C=O) groups is 3. The van der Waals surface area contributed by atoms with Crippen LogP contribution in [0.15, 0.2) is 36.5 Å². The van der Waals surface area contributed by atoms with Crippen LogP contribution in [-0.4, -0.2) is 17.9 Å². The van der Waals surface area contributed by atoms with E-state index in [2.05, 4.69) is 57.2 Å². The van der Waals surface area contributed by atoms with Gasteiger partial charge in [-0.2, -0.15) is 0 Å². The Balaban J connectivity index is -0.000000396. The number of carboxylic acids is 3. The molecule has 0 unspecified atom stereocenters. The Labute approximate surface area is 409 Å². The third-order valence-electron chi connectivity index (χ3n) is 10.9. The third-order valence-corrected chi connectivity index (χ3v) is 10.9. The van der Waals surface area contributed by atoms with E-state index in [4.69, 9.17) is 0 Å². The number of rotatable bonds is 45. The second-order valence-electron chi connectivity index (χ2n) is 17.1. The Morgan fingerprint density at radius 1 is 0.262 bits per heavy atom. The number of aliphatic carboxylic acids is 3. The molecule has 0 spiro atoms. The first-order valence-corrected chi connectivity index (χ1v) is 25.9. The molecule has 6 nitrogen and oxygen atoms in total. The van der Waals surface area contributed by atoms with Crippen molar-refractivity contribution in [2.75, 3.05) is 0 Å². The number of carboxylic acid groups (broad SMARTS) is 3. The van der Waals surface area contributed by atoms with Crippen LogP contribution in [0.2, 0.25) is 0 Å². The van der Waals surface area contributed by atoms with Gasteiger partial charge in [0, 0.05) is 17.9 Å². The molecule has 0 atom stereocenters. The van der Waals surface area contributed by atoms with Crippen molar-refractivity contribution in [3.8, 4) is 0 Å². The molecular weight excluding hydrogens is 912 g/mol. The minimum absolute atomic E-state index is 0. The molecule has 363 valence electrons. The van der Waals surface area contributed by atoms with Crippen molar-refractivity contribution in [3.63, 3.8) is 0 Å². The van der Waals surface area contributed by atoms with Gasteiger partial charge >= 0.3 is 37.3 Å². The summed E-state index contributed by atoms with van der Waals surface area (Å²) in [6.45, 7) is 6.77. The standard InChI is InChI=1S/3C18H34O2.Er/c3*1-2-3-4-5-6-7-8-9-10-11-12-13-14-15-16-17-18(19)20;/h3*9-10H,2-8,11-17H2,1H3,(H,19,20);/q;;;+3/p-3/b3*10-9-;. The maximum absolute atomic E-state index is 10.2.